The number of fused-ring (bicyclic) bond motifs is 1. The predicted molar refractivity (Wildman–Crippen MR) is 215 cm³/mol. The van der Waals surface area contributed by atoms with Gasteiger partial charge in [-0.15, -0.1) is 0 Å². The molecule has 2 aromatic rings. The fourth-order valence-corrected chi connectivity index (χ4v) is 8.13. The van der Waals surface area contributed by atoms with Gasteiger partial charge in [-0.2, -0.15) is 0 Å². The summed E-state index contributed by atoms with van der Waals surface area (Å²) in [6.45, 7) is 4.74. The molecule has 3 heterocycles. The average molecular weight is 795 g/mol. The summed E-state index contributed by atoms with van der Waals surface area (Å²) < 4.78 is 25.9. The van der Waals surface area contributed by atoms with Gasteiger partial charge in [0.25, 0.3) is 0 Å². The summed E-state index contributed by atoms with van der Waals surface area (Å²) in [6, 6.07) is 7.01. The number of para-hydroxylation sites is 2. The highest BCUT2D eigenvalue weighted by atomic mass is 16.7. The number of benzene rings is 1. The SMILES string of the molecule is CCCCCCCCCCCCO[C@H]1[C@@H](O)[C@@H](Cn2c(=O)n(C[C@@H]3O[C@H](O)[C@H](O)[C@H](OCCCCCCCCCCCC)[C@@H]3O)c3ccccc32)O[C@@H](O)[C@H]1O. The number of aliphatic hydroxyl groups is 6. The Hall–Kier alpha value is -1.91. The van der Waals surface area contributed by atoms with Gasteiger partial charge in [0.1, 0.15) is 48.8 Å². The van der Waals surface area contributed by atoms with Crippen LogP contribution in [-0.2, 0) is 32.0 Å². The molecule has 1 aromatic heterocycles. The first kappa shape index (κ1) is 46.8. The Bertz CT molecular complexity index is 1300. The first-order valence-corrected chi connectivity index (χ1v) is 22.0. The van der Waals surface area contributed by atoms with Crippen molar-refractivity contribution in [1.82, 2.24) is 9.13 Å². The number of unbranched alkanes of at least 4 members (excludes halogenated alkanes) is 18. The van der Waals surface area contributed by atoms with Crippen LogP contribution in [0.2, 0.25) is 0 Å². The molecule has 13 heteroatoms. The van der Waals surface area contributed by atoms with E-state index in [4.69, 9.17) is 18.9 Å². The molecule has 2 aliphatic rings. The van der Waals surface area contributed by atoms with Gasteiger partial charge in [0, 0.05) is 13.2 Å². The Morgan fingerprint density at radius 2 is 0.821 bits per heavy atom. The van der Waals surface area contributed by atoms with Crippen LogP contribution < -0.4 is 5.69 Å². The minimum Gasteiger partial charge on any atom is -0.388 e. The fraction of sp³-hybridized carbons (Fsp3) is 0.837. The molecule has 1 aromatic carbocycles. The van der Waals surface area contributed by atoms with Crippen molar-refractivity contribution >= 4 is 11.0 Å². The van der Waals surface area contributed by atoms with E-state index in [2.05, 4.69) is 13.8 Å². The summed E-state index contributed by atoms with van der Waals surface area (Å²) in [5.74, 6) is 0. The molecule has 2 aliphatic heterocycles. The second-order valence-electron chi connectivity index (χ2n) is 16.1. The number of hydrogen-bond donors (Lipinski definition) is 6. The lowest BCUT2D eigenvalue weighted by molar-refractivity contribution is -0.292. The Morgan fingerprint density at radius 3 is 1.16 bits per heavy atom. The number of aliphatic hydroxyl groups excluding tert-OH is 6. The van der Waals surface area contributed by atoms with Crippen molar-refractivity contribution in [3.63, 3.8) is 0 Å². The minimum atomic E-state index is -1.62. The molecule has 4 rings (SSSR count). The van der Waals surface area contributed by atoms with Crippen LogP contribution >= 0.6 is 0 Å². The van der Waals surface area contributed by atoms with E-state index >= 15 is 0 Å². The zero-order valence-corrected chi connectivity index (χ0v) is 34.2. The summed E-state index contributed by atoms with van der Waals surface area (Å²) in [4.78, 5) is 14.0. The van der Waals surface area contributed by atoms with Crippen LogP contribution in [0.5, 0.6) is 0 Å². The normalized spacial score (nSPS) is 28.4. The number of imidazole rings is 1. The van der Waals surface area contributed by atoms with E-state index < -0.39 is 67.1 Å². The highest BCUT2D eigenvalue weighted by Crippen LogP contribution is 2.28. The molecule has 0 aliphatic carbocycles. The zero-order valence-electron chi connectivity index (χ0n) is 34.2. The van der Waals surface area contributed by atoms with Crippen LogP contribution in [0.25, 0.3) is 11.0 Å². The lowest BCUT2D eigenvalue weighted by Gasteiger charge is -2.40. The maximum absolute atomic E-state index is 14.0. The monoisotopic (exact) mass is 795 g/mol. The summed E-state index contributed by atoms with van der Waals surface area (Å²) in [6.07, 6.45) is 9.95. The first-order valence-electron chi connectivity index (χ1n) is 22.0. The predicted octanol–water partition coefficient (Wildman–Crippen LogP) is 5.29. The van der Waals surface area contributed by atoms with Crippen molar-refractivity contribution in [3.05, 3.63) is 34.7 Å². The molecule has 0 unspecified atom stereocenters. The standard InChI is InChI=1S/C43H74N2O11/c1-3-5-7-9-11-13-15-17-19-23-27-53-39-35(46)33(55-41(50)37(39)48)29-44-31-25-21-22-26-32(31)45(43(44)52)30-34-36(47)40(38(49)42(51)56-34)54-28-24-20-18-16-14-12-10-8-6-4-2/h21-22,25-26,33-42,46-51H,3-20,23-24,27-30H2,1-2H3/t33-,34+,35+,36-,37+,38-,39+,40-,41-,42+. The highest BCUT2D eigenvalue weighted by molar-refractivity contribution is 5.76. The number of rotatable bonds is 28. The molecule has 0 spiro atoms. The first-order chi connectivity index (χ1) is 27.2. The average Bonchev–Trinajstić information content (AvgIpc) is 3.45. The molecule has 0 saturated carbocycles. The van der Waals surface area contributed by atoms with Crippen molar-refractivity contribution in [2.24, 2.45) is 0 Å². The number of ether oxygens (including phenoxy) is 4. The van der Waals surface area contributed by atoms with E-state index in [0.717, 1.165) is 38.5 Å². The zero-order chi connectivity index (χ0) is 40.3. The third-order valence-corrected chi connectivity index (χ3v) is 11.6. The molecule has 0 amide bonds. The van der Waals surface area contributed by atoms with Crippen LogP contribution in [0.1, 0.15) is 142 Å². The largest absolute Gasteiger partial charge is 0.388 e. The Balaban J connectivity index is 1.31. The van der Waals surface area contributed by atoms with E-state index in [-0.39, 0.29) is 13.1 Å². The molecule has 2 fully saturated rings. The molecule has 2 saturated heterocycles. The summed E-state index contributed by atoms with van der Waals surface area (Å²) in [5, 5.41) is 65.2. The van der Waals surface area contributed by atoms with E-state index in [1.807, 2.05) is 0 Å². The van der Waals surface area contributed by atoms with Crippen molar-refractivity contribution in [3.8, 4) is 0 Å². The van der Waals surface area contributed by atoms with Gasteiger partial charge < -0.3 is 49.6 Å². The van der Waals surface area contributed by atoms with Gasteiger partial charge in [0.05, 0.1) is 24.1 Å². The molecule has 6 N–H and O–H groups in total. The lowest BCUT2D eigenvalue weighted by atomic mass is 9.98. The summed E-state index contributed by atoms with van der Waals surface area (Å²) in [5.41, 5.74) is 0.525. The highest BCUT2D eigenvalue weighted by Gasteiger charge is 2.46. The van der Waals surface area contributed by atoms with E-state index in [1.54, 1.807) is 24.3 Å². The molecule has 13 nitrogen and oxygen atoms in total. The van der Waals surface area contributed by atoms with Crippen LogP contribution in [-0.4, -0.2) is 114 Å². The number of aromatic nitrogens is 2. The quantitative estimate of drug-likeness (QED) is 0.0615. The van der Waals surface area contributed by atoms with Gasteiger partial charge in [0.15, 0.2) is 12.6 Å². The topological polar surface area (TPSA) is 185 Å². The van der Waals surface area contributed by atoms with Crippen LogP contribution in [0.3, 0.4) is 0 Å². The van der Waals surface area contributed by atoms with Crippen LogP contribution in [0, 0.1) is 0 Å². The van der Waals surface area contributed by atoms with Gasteiger partial charge in [0.2, 0.25) is 0 Å². The summed E-state index contributed by atoms with van der Waals surface area (Å²) >= 11 is 0. The molecule has 56 heavy (non-hydrogen) atoms. The third kappa shape index (κ3) is 13.8. The Kier molecular flexibility index (Phi) is 21.3. The number of nitrogens with zero attached hydrogens (tertiary/aromatic N) is 2. The van der Waals surface area contributed by atoms with Gasteiger partial charge in [-0.25, -0.2) is 4.79 Å². The Labute approximate surface area is 333 Å². The van der Waals surface area contributed by atoms with E-state index in [0.29, 0.717) is 24.2 Å². The molecule has 0 radical (unpaired) electrons. The van der Waals surface area contributed by atoms with Crippen molar-refractivity contribution in [2.45, 2.75) is 217 Å². The summed E-state index contributed by atoms with van der Waals surface area (Å²) in [7, 11) is 0. The van der Waals surface area contributed by atoms with Gasteiger partial charge in [-0.3, -0.25) is 9.13 Å². The Morgan fingerprint density at radius 1 is 0.500 bits per heavy atom. The van der Waals surface area contributed by atoms with E-state index in [9.17, 15) is 35.4 Å². The molecule has 322 valence electrons. The lowest BCUT2D eigenvalue weighted by Crippen LogP contribution is -2.60. The van der Waals surface area contributed by atoms with E-state index in [1.165, 1.54) is 99.0 Å². The number of hydrogen-bond acceptors (Lipinski definition) is 11. The molecule has 0 bridgehead atoms. The fourth-order valence-electron chi connectivity index (χ4n) is 8.13. The van der Waals surface area contributed by atoms with Gasteiger partial charge in [-0.1, -0.05) is 142 Å². The van der Waals surface area contributed by atoms with Crippen LogP contribution in [0.15, 0.2) is 29.1 Å². The molecular formula is C43H74N2O11. The minimum absolute atomic E-state index is 0.157. The van der Waals surface area contributed by atoms with Crippen molar-refractivity contribution in [2.75, 3.05) is 13.2 Å². The smallest absolute Gasteiger partial charge is 0.329 e. The van der Waals surface area contributed by atoms with Gasteiger partial charge in [-0.05, 0) is 25.0 Å². The van der Waals surface area contributed by atoms with Gasteiger partial charge >= 0.3 is 5.69 Å². The molecule has 10 atom stereocenters. The maximum Gasteiger partial charge on any atom is 0.329 e. The maximum atomic E-state index is 14.0. The molecular weight excluding hydrogens is 720 g/mol. The van der Waals surface area contributed by atoms with Crippen LogP contribution in [0.4, 0.5) is 0 Å². The van der Waals surface area contributed by atoms with Crippen molar-refractivity contribution in [1.29, 1.82) is 0 Å². The second-order valence-corrected chi connectivity index (χ2v) is 16.1. The third-order valence-electron chi connectivity index (χ3n) is 11.6. The van der Waals surface area contributed by atoms with Crippen molar-refractivity contribution < 1.29 is 49.6 Å². The second kappa shape index (κ2) is 25.5.